The molecule has 2 rings (SSSR count). The van der Waals surface area contributed by atoms with Gasteiger partial charge in [0.2, 0.25) is 5.88 Å². The summed E-state index contributed by atoms with van der Waals surface area (Å²) < 4.78 is 30.4. The first kappa shape index (κ1) is 11.4. The molecule has 0 amide bonds. The van der Waals surface area contributed by atoms with Gasteiger partial charge in [0, 0.05) is 18.4 Å². The summed E-state index contributed by atoms with van der Waals surface area (Å²) in [6.07, 6.45) is -1.08. The Morgan fingerprint density at radius 2 is 2.29 bits per heavy atom. The molecule has 0 aliphatic rings. The van der Waals surface area contributed by atoms with Crippen molar-refractivity contribution in [3.8, 4) is 5.88 Å². The van der Waals surface area contributed by atoms with E-state index in [-0.39, 0.29) is 11.5 Å². The molecule has 0 bridgehead atoms. The van der Waals surface area contributed by atoms with Crippen LogP contribution in [0, 0.1) is 0 Å². The summed E-state index contributed by atoms with van der Waals surface area (Å²) in [5.41, 5.74) is 0.268. The van der Waals surface area contributed by atoms with Gasteiger partial charge in [-0.05, 0) is 6.07 Å². The van der Waals surface area contributed by atoms with Gasteiger partial charge in [0.1, 0.15) is 6.54 Å². The van der Waals surface area contributed by atoms with E-state index in [1.54, 1.807) is 6.07 Å². The van der Waals surface area contributed by atoms with Crippen molar-refractivity contribution >= 4 is 17.0 Å². The number of nitrogens with zero attached hydrogens (tertiary/aromatic N) is 3. The lowest BCUT2D eigenvalue weighted by Gasteiger charge is -2.03. The Labute approximate surface area is 95.0 Å². The van der Waals surface area contributed by atoms with Gasteiger partial charge < -0.3 is 4.74 Å². The molecule has 0 N–H and O–H groups in total. The van der Waals surface area contributed by atoms with Crippen LogP contribution in [0.3, 0.4) is 0 Å². The van der Waals surface area contributed by atoms with Crippen molar-refractivity contribution in [2.24, 2.45) is 0 Å². The molecule has 0 fully saturated rings. The molecule has 5 nitrogen and oxygen atoms in total. The molecule has 0 unspecified atom stereocenters. The fraction of sp³-hybridized carbons (Fsp3) is 0.300. The maximum Gasteiger partial charge on any atom is 0.309 e. The Hall–Kier alpha value is -2.05. The number of pyridine rings is 1. The van der Waals surface area contributed by atoms with E-state index < -0.39 is 18.9 Å². The summed E-state index contributed by atoms with van der Waals surface area (Å²) >= 11 is 0. The monoisotopic (exact) mass is 241 g/mol. The molecule has 0 atom stereocenters. The molecule has 90 valence electrons. The third-order valence-corrected chi connectivity index (χ3v) is 2.02. The Morgan fingerprint density at radius 1 is 1.53 bits per heavy atom. The summed E-state index contributed by atoms with van der Waals surface area (Å²) in [5.74, 6) is -0.446. The first-order chi connectivity index (χ1) is 8.06. The summed E-state index contributed by atoms with van der Waals surface area (Å²) in [5, 5.41) is 4.40. The number of rotatable bonds is 3. The second-order valence-corrected chi connectivity index (χ2v) is 3.37. The summed E-state index contributed by atoms with van der Waals surface area (Å²) in [7, 11) is 0. The minimum absolute atomic E-state index is 0.0704. The van der Waals surface area contributed by atoms with E-state index >= 15 is 0 Å². The molecule has 2 aromatic rings. The molecule has 0 aliphatic heterocycles. The van der Waals surface area contributed by atoms with Crippen molar-refractivity contribution in [3.63, 3.8) is 0 Å². The number of carbonyl (C=O) groups excluding carboxylic acids is 1. The standard InChI is InChI=1S/C10H9F2N3O2/c1-6(16)17-9-3-2-7-4-13-15(5-8(11)12)10(7)14-9/h2-4,8H,5H2,1H3. The summed E-state index contributed by atoms with van der Waals surface area (Å²) in [4.78, 5) is 14.7. The lowest BCUT2D eigenvalue weighted by Crippen LogP contribution is -2.09. The second-order valence-electron chi connectivity index (χ2n) is 3.37. The SMILES string of the molecule is CC(=O)Oc1ccc2cnn(CC(F)F)c2n1. The Kier molecular flexibility index (Phi) is 2.99. The van der Waals surface area contributed by atoms with Gasteiger partial charge in [0.15, 0.2) is 5.65 Å². The van der Waals surface area contributed by atoms with Gasteiger partial charge in [0.25, 0.3) is 6.43 Å². The minimum atomic E-state index is -2.52. The Balaban J connectivity index is 2.39. The fourth-order valence-electron chi connectivity index (χ4n) is 1.40. The van der Waals surface area contributed by atoms with Crippen LogP contribution >= 0.6 is 0 Å². The van der Waals surface area contributed by atoms with Gasteiger partial charge >= 0.3 is 5.97 Å². The van der Waals surface area contributed by atoms with Crippen LogP contribution in [0.2, 0.25) is 0 Å². The van der Waals surface area contributed by atoms with E-state index in [4.69, 9.17) is 4.74 Å². The molecule has 0 spiro atoms. The van der Waals surface area contributed by atoms with Gasteiger partial charge in [-0.1, -0.05) is 0 Å². The van der Waals surface area contributed by atoms with Gasteiger partial charge in [-0.2, -0.15) is 10.1 Å². The molecule has 7 heteroatoms. The Morgan fingerprint density at radius 3 is 2.94 bits per heavy atom. The normalized spacial score (nSPS) is 11.1. The highest BCUT2D eigenvalue weighted by Crippen LogP contribution is 2.17. The summed E-state index contributed by atoms with van der Waals surface area (Å²) in [6, 6.07) is 3.09. The largest absolute Gasteiger partial charge is 0.408 e. The van der Waals surface area contributed by atoms with Crippen LogP contribution in [0.1, 0.15) is 6.92 Å². The lowest BCUT2D eigenvalue weighted by atomic mass is 10.3. The number of fused-ring (bicyclic) bond motifs is 1. The molecule has 2 aromatic heterocycles. The van der Waals surface area contributed by atoms with Crippen LogP contribution in [-0.2, 0) is 11.3 Å². The highest BCUT2D eigenvalue weighted by Gasteiger charge is 2.11. The Bertz CT molecular complexity index is 553. The number of hydrogen-bond acceptors (Lipinski definition) is 4. The van der Waals surface area contributed by atoms with Crippen LogP contribution in [0.15, 0.2) is 18.3 Å². The molecule has 17 heavy (non-hydrogen) atoms. The average molecular weight is 241 g/mol. The number of alkyl halides is 2. The number of esters is 1. The van der Waals surface area contributed by atoms with E-state index in [1.807, 2.05) is 0 Å². The quantitative estimate of drug-likeness (QED) is 0.766. The van der Waals surface area contributed by atoms with E-state index in [0.29, 0.717) is 5.39 Å². The van der Waals surface area contributed by atoms with Gasteiger partial charge in [-0.25, -0.2) is 13.5 Å². The second kappa shape index (κ2) is 4.44. The number of aromatic nitrogens is 3. The van der Waals surface area contributed by atoms with Crippen molar-refractivity contribution in [1.29, 1.82) is 0 Å². The topological polar surface area (TPSA) is 57.0 Å². The number of hydrogen-bond donors (Lipinski definition) is 0. The summed E-state index contributed by atoms with van der Waals surface area (Å²) in [6.45, 7) is 0.697. The maximum atomic E-state index is 12.3. The first-order valence-electron chi connectivity index (χ1n) is 4.85. The molecular formula is C10H9F2N3O2. The van der Waals surface area contributed by atoms with Crippen molar-refractivity contribution in [2.75, 3.05) is 0 Å². The number of halogens is 2. The predicted molar refractivity (Wildman–Crippen MR) is 54.8 cm³/mol. The average Bonchev–Trinajstić information content (AvgIpc) is 2.59. The van der Waals surface area contributed by atoms with Crippen LogP contribution in [0.5, 0.6) is 5.88 Å². The molecule has 0 saturated carbocycles. The van der Waals surface area contributed by atoms with E-state index in [2.05, 4.69) is 10.1 Å². The van der Waals surface area contributed by atoms with E-state index in [1.165, 1.54) is 19.2 Å². The van der Waals surface area contributed by atoms with Crippen LogP contribution in [-0.4, -0.2) is 27.2 Å². The van der Waals surface area contributed by atoms with Crippen LogP contribution < -0.4 is 4.74 Å². The fourth-order valence-corrected chi connectivity index (χ4v) is 1.40. The van der Waals surface area contributed by atoms with Crippen molar-refractivity contribution < 1.29 is 18.3 Å². The smallest absolute Gasteiger partial charge is 0.309 e. The van der Waals surface area contributed by atoms with Crippen molar-refractivity contribution in [1.82, 2.24) is 14.8 Å². The van der Waals surface area contributed by atoms with Gasteiger partial charge in [-0.3, -0.25) is 4.79 Å². The zero-order valence-corrected chi connectivity index (χ0v) is 8.93. The predicted octanol–water partition coefficient (Wildman–Crippen LogP) is 1.62. The third-order valence-electron chi connectivity index (χ3n) is 2.02. The molecule has 0 saturated heterocycles. The lowest BCUT2D eigenvalue weighted by molar-refractivity contribution is -0.132. The minimum Gasteiger partial charge on any atom is -0.408 e. The van der Waals surface area contributed by atoms with Crippen molar-refractivity contribution in [3.05, 3.63) is 18.3 Å². The van der Waals surface area contributed by atoms with E-state index in [0.717, 1.165) is 4.68 Å². The molecule has 0 aromatic carbocycles. The third kappa shape index (κ3) is 2.55. The van der Waals surface area contributed by atoms with Gasteiger partial charge in [0.05, 0.1) is 6.20 Å². The first-order valence-corrected chi connectivity index (χ1v) is 4.85. The highest BCUT2D eigenvalue weighted by atomic mass is 19.3. The van der Waals surface area contributed by atoms with Crippen LogP contribution in [0.4, 0.5) is 8.78 Å². The molecular weight excluding hydrogens is 232 g/mol. The van der Waals surface area contributed by atoms with E-state index in [9.17, 15) is 13.6 Å². The number of ether oxygens (including phenoxy) is 1. The molecule has 0 radical (unpaired) electrons. The maximum absolute atomic E-state index is 12.3. The molecule has 0 aliphatic carbocycles. The van der Waals surface area contributed by atoms with Crippen molar-refractivity contribution in [2.45, 2.75) is 19.9 Å². The van der Waals surface area contributed by atoms with Gasteiger partial charge in [-0.15, -0.1) is 0 Å². The zero-order chi connectivity index (χ0) is 12.4. The zero-order valence-electron chi connectivity index (χ0n) is 8.93. The highest BCUT2D eigenvalue weighted by molar-refractivity contribution is 5.76. The molecule has 2 heterocycles. The van der Waals surface area contributed by atoms with Crippen LogP contribution in [0.25, 0.3) is 11.0 Å². The number of carbonyl (C=O) groups is 1.